The quantitative estimate of drug-likeness (QED) is 0.636. The molecule has 0 aliphatic carbocycles. The van der Waals surface area contributed by atoms with Gasteiger partial charge in [0.25, 0.3) is 5.91 Å². The van der Waals surface area contributed by atoms with Crippen LogP contribution < -0.4 is 11.5 Å². The topological polar surface area (TPSA) is 82.0 Å². The van der Waals surface area contributed by atoms with Gasteiger partial charge in [0, 0.05) is 5.92 Å². The van der Waals surface area contributed by atoms with E-state index in [1.54, 1.807) is 5.92 Å². The number of hydrogen-bond donors (Lipinski definition) is 2. The smallest absolute Gasteiger partial charge is 0.384 e. The van der Waals surface area contributed by atoms with Gasteiger partial charge in [-0.1, -0.05) is 5.92 Å². The van der Waals surface area contributed by atoms with Crippen LogP contribution in [0, 0.1) is 11.8 Å². The number of alkyl halides is 3. The van der Waals surface area contributed by atoms with Gasteiger partial charge in [0.05, 0.1) is 5.56 Å². The Morgan fingerprint density at radius 2 is 2.00 bits per heavy atom. The zero-order chi connectivity index (χ0) is 12.3. The summed E-state index contributed by atoms with van der Waals surface area (Å²) in [5.41, 5.74) is 8.14. The molecule has 4 nitrogen and oxygen atoms in total. The van der Waals surface area contributed by atoms with Gasteiger partial charge in [-0.15, -0.1) is 0 Å². The second-order valence-corrected chi connectivity index (χ2v) is 2.74. The average Bonchev–Trinajstić information content (AvgIpc) is 2.14. The number of hydrogen-bond acceptors (Lipinski definition) is 3. The lowest BCUT2D eigenvalue weighted by atomic mass is 10.2. The summed E-state index contributed by atoms with van der Waals surface area (Å²) in [4.78, 5) is 13.4. The Balaban J connectivity index is 3.31. The maximum absolute atomic E-state index is 12.5. The maximum Gasteiger partial charge on any atom is 0.434 e. The van der Waals surface area contributed by atoms with Gasteiger partial charge in [-0.05, 0) is 12.1 Å². The van der Waals surface area contributed by atoms with E-state index in [4.69, 9.17) is 11.5 Å². The number of pyridine rings is 1. The van der Waals surface area contributed by atoms with Crippen LogP contribution in [0.2, 0.25) is 0 Å². The van der Waals surface area contributed by atoms with E-state index in [0.717, 1.165) is 12.1 Å². The fourth-order valence-electron chi connectivity index (χ4n) is 0.920. The number of anilines is 1. The zero-order valence-corrected chi connectivity index (χ0v) is 7.80. The Morgan fingerprint density at radius 3 is 2.50 bits per heavy atom. The molecule has 0 saturated carbocycles. The second-order valence-electron chi connectivity index (χ2n) is 2.74. The van der Waals surface area contributed by atoms with E-state index in [1.807, 2.05) is 5.92 Å². The first kappa shape index (κ1) is 11.8. The summed E-state index contributed by atoms with van der Waals surface area (Å²) in [6.07, 6.45) is -4.68. The number of halogens is 3. The lowest BCUT2D eigenvalue weighted by molar-refractivity contribution is -0.141. The first-order chi connectivity index (χ1) is 7.30. The molecular formula is C9H6F3N3O. The number of carbonyl (C=O) groups excluding carboxylic acids is 1. The van der Waals surface area contributed by atoms with Crippen molar-refractivity contribution in [3.05, 3.63) is 23.4 Å². The molecule has 7 heteroatoms. The lowest BCUT2D eigenvalue weighted by Gasteiger charge is -2.08. The number of carbonyl (C=O) groups is 1. The lowest BCUT2D eigenvalue weighted by Crippen LogP contribution is -2.12. The summed E-state index contributed by atoms with van der Waals surface area (Å²) >= 11 is 0. The fourth-order valence-corrected chi connectivity index (χ4v) is 0.920. The second kappa shape index (κ2) is 4.10. The third-order valence-electron chi connectivity index (χ3n) is 1.51. The molecule has 0 aromatic carbocycles. The van der Waals surface area contributed by atoms with Gasteiger partial charge < -0.3 is 11.5 Å². The highest BCUT2D eigenvalue weighted by atomic mass is 19.4. The summed E-state index contributed by atoms with van der Waals surface area (Å²) in [5.74, 6) is 2.48. The molecule has 1 rings (SSSR count). The van der Waals surface area contributed by atoms with Crippen molar-refractivity contribution >= 4 is 11.7 Å². The van der Waals surface area contributed by atoms with E-state index < -0.39 is 23.3 Å². The van der Waals surface area contributed by atoms with Crippen molar-refractivity contribution in [3.63, 3.8) is 0 Å². The van der Waals surface area contributed by atoms with Crippen LogP contribution in [0.1, 0.15) is 11.3 Å². The summed E-state index contributed by atoms with van der Waals surface area (Å²) in [6, 6.07) is 2.18. The SMILES string of the molecule is NC(=O)C#Cc1ccc(N)nc1C(F)(F)F. The first-order valence-corrected chi connectivity index (χ1v) is 3.96. The summed E-state index contributed by atoms with van der Waals surface area (Å²) in [5, 5.41) is 0. The molecule has 84 valence electrons. The van der Waals surface area contributed by atoms with Crippen molar-refractivity contribution in [3.8, 4) is 11.8 Å². The number of amides is 1. The summed E-state index contributed by atoms with van der Waals surface area (Å²) in [7, 11) is 0. The molecule has 0 fully saturated rings. The van der Waals surface area contributed by atoms with Crippen molar-refractivity contribution in [1.29, 1.82) is 0 Å². The Kier molecular flexibility index (Phi) is 3.04. The van der Waals surface area contributed by atoms with Gasteiger partial charge >= 0.3 is 6.18 Å². The first-order valence-electron chi connectivity index (χ1n) is 3.96. The van der Waals surface area contributed by atoms with Crippen molar-refractivity contribution in [2.24, 2.45) is 5.73 Å². The molecule has 0 spiro atoms. The van der Waals surface area contributed by atoms with E-state index in [-0.39, 0.29) is 5.82 Å². The molecule has 0 aliphatic heterocycles. The zero-order valence-electron chi connectivity index (χ0n) is 7.80. The van der Waals surface area contributed by atoms with Crippen LogP contribution in [0.5, 0.6) is 0 Å². The molecule has 1 aromatic rings. The largest absolute Gasteiger partial charge is 0.434 e. The number of aromatic nitrogens is 1. The van der Waals surface area contributed by atoms with Crippen LogP contribution in [0.15, 0.2) is 12.1 Å². The molecule has 0 radical (unpaired) electrons. The van der Waals surface area contributed by atoms with Crippen LogP contribution in [0.25, 0.3) is 0 Å². The van der Waals surface area contributed by atoms with Gasteiger partial charge in [0.15, 0.2) is 5.69 Å². The van der Waals surface area contributed by atoms with Crippen LogP contribution in [-0.4, -0.2) is 10.9 Å². The third kappa shape index (κ3) is 2.88. The van der Waals surface area contributed by atoms with Crippen molar-refractivity contribution in [1.82, 2.24) is 4.98 Å². The standard InChI is InChI=1S/C9H6F3N3O/c10-9(11,12)8-5(2-4-7(14)16)1-3-6(13)15-8/h1,3H,(H2,13,15)(H2,14,16). The number of nitrogens with two attached hydrogens (primary N) is 2. The van der Waals surface area contributed by atoms with E-state index >= 15 is 0 Å². The van der Waals surface area contributed by atoms with Crippen LogP contribution >= 0.6 is 0 Å². The molecule has 0 unspecified atom stereocenters. The van der Waals surface area contributed by atoms with E-state index in [2.05, 4.69) is 4.98 Å². The van der Waals surface area contributed by atoms with E-state index in [1.165, 1.54) is 0 Å². The van der Waals surface area contributed by atoms with Gasteiger partial charge in [-0.2, -0.15) is 13.2 Å². The van der Waals surface area contributed by atoms with E-state index in [0.29, 0.717) is 0 Å². The Morgan fingerprint density at radius 1 is 1.38 bits per heavy atom. The van der Waals surface area contributed by atoms with Crippen molar-refractivity contribution in [2.75, 3.05) is 5.73 Å². The van der Waals surface area contributed by atoms with Crippen LogP contribution in [-0.2, 0) is 11.0 Å². The van der Waals surface area contributed by atoms with Gasteiger partial charge in [0.1, 0.15) is 5.82 Å². The van der Waals surface area contributed by atoms with Gasteiger partial charge in [-0.3, -0.25) is 4.79 Å². The van der Waals surface area contributed by atoms with Gasteiger partial charge in [-0.25, -0.2) is 4.98 Å². The van der Waals surface area contributed by atoms with Crippen molar-refractivity contribution in [2.45, 2.75) is 6.18 Å². The Labute approximate surface area is 88.4 Å². The normalized spacial score (nSPS) is 10.4. The number of nitrogen functional groups attached to an aromatic ring is 1. The highest BCUT2D eigenvalue weighted by molar-refractivity contribution is 5.92. The number of nitrogens with zero attached hydrogens (tertiary/aromatic N) is 1. The van der Waals surface area contributed by atoms with Gasteiger partial charge in [0.2, 0.25) is 0 Å². The molecule has 0 aliphatic rings. The highest BCUT2D eigenvalue weighted by Crippen LogP contribution is 2.30. The highest BCUT2D eigenvalue weighted by Gasteiger charge is 2.35. The molecule has 1 aromatic heterocycles. The minimum absolute atomic E-state index is 0.281. The molecule has 0 bridgehead atoms. The molecule has 0 atom stereocenters. The number of rotatable bonds is 0. The third-order valence-corrected chi connectivity index (χ3v) is 1.51. The Bertz CT molecular complexity index is 485. The van der Waals surface area contributed by atoms with Crippen molar-refractivity contribution < 1.29 is 18.0 Å². The minimum Gasteiger partial charge on any atom is -0.384 e. The molecule has 0 saturated heterocycles. The predicted molar refractivity (Wildman–Crippen MR) is 49.7 cm³/mol. The average molecular weight is 229 g/mol. The molecular weight excluding hydrogens is 223 g/mol. The molecule has 16 heavy (non-hydrogen) atoms. The summed E-state index contributed by atoms with van der Waals surface area (Å²) in [6.45, 7) is 0. The minimum atomic E-state index is -4.68. The monoisotopic (exact) mass is 229 g/mol. The maximum atomic E-state index is 12.5. The fraction of sp³-hybridized carbons (Fsp3) is 0.111. The molecule has 1 amide bonds. The number of primary amides is 1. The van der Waals surface area contributed by atoms with Crippen LogP contribution in [0.3, 0.4) is 0 Å². The van der Waals surface area contributed by atoms with E-state index in [9.17, 15) is 18.0 Å². The molecule has 4 N–H and O–H groups in total. The summed E-state index contributed by atoms with van der Waals surface area (Å²) < 4.78 is 37.4. The Hall–Kier alpha value is -2.23. The molecule has 1 heterocycles. The van der Waals surface area contributed by atoms with Crippen LogP contribution in [0.4, 0.5) is 19.0 Å². The predicted octanol–water partition coefficient (Wildman–Crippen LogP) is 0.519.